The lowest BCUT2D eigenvalue weighted by Crippen LogP contribution is -2.36. The van der Waals surface area contributed by atoms with Crippen LogP contribution in [0, 0.1) is 6.92 Å². The maximum absolute atomic E-state index is 11.7. The van der Waals surface area contributed by atoms with Crippen molar-refractivity contribution in [3.05, 3.63) is 35.4 Å². The van der Waals surface area contributed by atoms with Crippen molar-refractivity contribution in [1.29, 1.82) is 0 Å². The summed E-state index contributed by atoms with van der Waals surface area (Å²) in [4.78, 5) is 11.7. The van der Waals surface area contributed by atoms with Gasteiger partial charge >= 0.3 is 0 Å². The number of aryl methyl sites for hydroxylation is 2. The molecule has 0 aliphatic carbocycles. The van der Waals surface area contributed by atoms with Gasteiger partial charge in [0.05, 0.1) is 0 Å². The van der Waals surface area contributed by atoms with E-state index in [1.54, 1.807) is 0 Å². The number of carbonyl (C=O) groups is 1. The SMILES string of the molecule is Cc1cccc(CCC(=O)N[C@@H]2CCNC2)c1. The summed E-state index contributed by atoms with van der Waals surface area (Å²) >= 11 is 0. The summed E-state index contributed by atoms with van der Waals surface area (Å²) < 4.78 is 0. The predicted molar refractivity (Wildman–Crippen MR) is 68.9 cm³/mol. The van der Waals surface area contributed by atoms with Crippen molar-refractivity contribution in [2.24, 2.45) is 0 Å². The summed E-state index contributed by atoms with van der Waals surface area (Å²) in [5, 5.41) is 6.31. The minimum atomic E-state index is 0.167. The molecule has 0 spiro atoms. The zero-order chi connectivity index (χ0) is 12.1. The third-order valence-electron chi connectivity index (χ3n) is 3.15. The van der Waals surface area contributed by atoms with Gasteiger partial charge in [-0.1, -0.05) is 29.8 Å². The molecule has 0 unspecified atom stereocenters. The van der Waals surface area contributed by atoms with Crippen molar-refractivity contribution < 1.29 is 4.79 Å². The van der Waals surface area contributed by atoms with E-state index in [-0.39, 0.29) is 5.91 Å². The van der Waals surface area contributed by atoms with E-state index in [9.17, 15) is 4.79 Å². The minimum Gasteiger partial charge on any atom is -0.352 e. The van der Waals surface area contributed by atoms with Gasteiger partial charge in [0.2, 0.25) is 5.91 Å². The van der Waals surface area contributed by atoms with Crippen molar-refractivity contribution in [3.8, 4) is 0 Å². The summed E-state index contributed by atoms with van der Waals surface area (Å²) in [6, 6.07) is 8.68. The Morgan fingerprint density at radius 2 is 2.41 bits per heavy atom. The number of amides is 1. The average Bonchev–Trinajstić information content (AvgIpc) is 2.79. The fourth-order valence-electron chi connectivity index (χ4n) is 2.20. The largest absolute Gasteiger partial charge is 0.352 e. The number of rotatable bonds is 4. The van der Waals surface area contributed by atoms with Crippen LogP contribution in [-0.2, 0) is 11.2 Å². The third-order valence-corrected chi connectivity index (χ3v) is 3.15. The van der Waals surface area contributed by atoms with Gasteiger partial charge in [0, 0.05) is 19.0 Å². The normalized spacial score (nSPS) is 19.2. The maximum atomic E-state index is 11.7. The highest BCUT2D eigenvalue weighted by Crippen LogP contribution is 2.07. The monoisotopic (exact) mass is 232 g/mol. The zero-order valence-electron chi connectivity index (χ0n) is 10.3. The smallest absolute Gasteiger partial charge is 0.220 e. The number of hydrogen-bond acceptors (Lipinski definition) is 2. The minimum absolute atomic E-state index is 0.167. The first-order chi connectivity index (χ1) is 8.24. The molecular weight excluding hydrogens is 212 g/mol. The lowest BCUT2D eigenvalue weighted by atomic mass is 10.1. The topological polar surface area (TPSA) is 41.1 Å². The Bertz CT molecular complexity index is 384. The summed E-state index contributed by atoms with van der Waals surface area (Å²) in [5.74, 6) is 0.167. The molecule has 0 bridgehead atoms. The molecule has 17 heavy (non-hydrogen) atoms. The highest BCUT2D eigenvalue weighted by molar-refractivity contribution is 5.76. The summed E-state index contributed by atoms with van der Waals surface area (Å²) in [5.41, 5.74) is 2.49. The van der Waals surface area contributed by atoms with Gasteiger partial charge in [-0.25, -0.2) is 0 Å². The molecular formula is C14H20N2O. The molecule has 1 aliphatic rings. The Balaban J connectivity index is 1.75. The van der Waals surface area contributed by atoms with Crippen LogP contribution in [0.25, 0.3) is 0 Å². The lowest BCUT2D eigenvalue weighted by molar-refractivity contribution is -0.121. The molecule has 0 aromatic heterocycles. The third kappa shape index (κ3) is 3.86. The summed E-state index contributed by atoms with van der Waals surface area (Å²) in [6.07, 6.45) is 2.46. The highest BCUT2D eigenvalue weighted by Gasteiger charge is 2.16. The molecule has 1 fully saturated rings. The molecule has 3 nitrogen and oxygen atoms in total. The Morgan fingerprint density at radius 3 is 3.12 bits per heavy atom. The van der Waals surface area contributed by atoms with E-state index < -0.39 is 0 Å². The molecule has 2 rings (SSSR count). The van der Waals surface area contributed by atoms with E-state index in [1.165, 1.54) is 11.1 Å². The first kappa shape index (κ1) is 12.1. The van der Waals surface area contributed by atoms with Crippen molar-refractivity contribution in [3.63, 3.8) is 0 Å². The second kappa shape index (κ2) is 5.82. The van der Waals surface area contributed by atoms with Crippen molar-refractivity contribution in [2.75, 3.05) is 13.1 Å². The fourth-order valence-corrected chi connectivity index (χ4v) is 2.20. The molecule has 0 radical (unpaired) electrons. The van der Waals surface area contributed by atoms with E-state index in [1.807, 2.05) is 6.07 Å². The lowest BCUT2D eigenvalue weighted by Gasteiger charge is -2.11. The van der Waals surface area contributed by atoms with Gasteiger partial charge in [-0.15, -0.1) is 0 Å². The van der Waals surface area contributed by atoms with Crippen LogP contribution in [0.4, 0.5) is 0 Å². The van der Waals surface area contributed by atoms with Crippen LogP contribution in [0.3, 0.4) is 0 Å². The molecule has 1 atom stereocenters. The van der Waals surface area contributed by atoms with Gasteiger partial charge in [0.1, 0.15) is 0 Å². The molecule has 1 saturated heterocycles. The van der Waals surface area contributed by atoms with Crippen LogP contribution in [-0.4, -0.2) is 25.0 Å². The second-order valence-corrected chi connectivity index (χ2v) is 4.75. The molecule has 0 saturated carbocycles. The Labute approximate surface area is 103 Å². The van der Waals surface area contributed by atoms with Gasteiger partial charge in [-0.05, 0) is 31.9 Å². The Morgan fingerprint density at radius 1 is 1.53 bits per heavy atom. The molecule has 1 heterocycles. The standard InChI is InChI=1S/C14H20N2O/c1-11-3-2-4-12(9-11)5-6-14(17)16-13-7-8-15-10-13/h2-4,9,13,15H,5-8,10H2,1H3,(H,16,17)/t13-/m1/s1. The maximum Gasteiger partial charge on any atom is 0.220 e. The molecule has 1 aromatic rings. The van der Waals surface area contributed by atoms with Crippen LogP contribution in [0.15, 0.2) is 24.3 Å². The van der Waals surface area contributed by atoms with Crippen molar-refractivity contribution in [2.45, 2.75) is 32.2 Å². The molecule has 1 aromatic carbocycles. The van der Waals surface area contributed by atoms with Gasteiger partial charge in [-0.2, -0.15) is 0 Å². The van der Waals surface area contributed by atoms with Gasteiger partial charge in [0.15, 0.2) is 0 Å². The molecule has 1 amide bonds. The number of carbonyl (C=O) groups excluding carboxylic acids is 1. The van der Waals surface area contributed by atoms with Gasteiger partial charge < -0.3 is 10.6 Å². The Kier molecular flexibility index (Phi) is 4.15. The van der Waals surface area contributed by atoms with Gasteiger partial charge in [0.25, 0.3) is 0 Å². The Hall–Kier alpha value is -1.35. The van der Waals surface area contributed by atoms with E-state index in [0.29, 0.717) is 12.5 Å². The molecule has 92 valence electrons. The van der Waals surface area contributed by atoms with Crippen LogP contribution in [0.1, 0.15) is 24.0 Å². The van der Waals surface area contributed by atoms with Crippen LogP contribution >= 0.6 is 0 Å². The van der Waals surface area contributed by atoms with E-state index in [0.717, 1.165) is 25.9 Å². The summed E-state index contributed by atoms with van der Waals surface area (Å²) in [7, 11) is 0. The number of benzene rings is 1. The number of nitrogens with one attached hydrogen (secondary N) is 2. The van der Waals surface area contributed by atoms with Crippen LogP contribution in [0.2, 0.25) is 0 Å². The quantitative estimate of drug-likeness (QED) is 0.824. The molecule has 2 N–H and O–H groups in total. The van der Waals surface area contributed by atoms with Crippen LogP contribution in [0.5, 0.6) is 0 Å². The molecule has 1 aliphatic heterocycles. The summed E-state index contributed by atoms with van der Waals surface area (Å²) in [6.45, 7) is 4.01. The van der Waals surface area contributed by atoms with E-state index in [2.05, 4.69) is 35.8 Å². The van der Waals surface area contributed by atoms with Gasteiger partial charge in [-0.3, -0.25) is 4.79 Å². The average molecular weight is 232 g/mol. The predicted octanol–water partition coefficient (Wildman–Crippen LogP) is 1.41. The van der Waals surface area contributed by atoms with Crippen molar-refractivity contribution in [1.82, 2.24) is 10.6 Å². The van der Waals surface area contributed by atoms with Crippen LogP contribution < -0.4 is 10.6 Å². The van der Waals surface area contributed by atoms with E-state index >= 15 is 0 Å². The van der Waals surface area contributed by atoms with E-state index in [4.69, 9.17) is 0 Å². The first-order valence-electron chi connectivity index (χ1n) is 6.29. The highest BCUT2D eigenvalue weighted by atomic mass is 16.1. The second-order valence-electron chi connectivity index (χ2n) is 4.75. The number of hydrogen-bond donors (Lipinski definition) is 2. The molecule has 3 heteroatoms. The van der Waals surface area contributed by atoms with Crippen molar-refractivity contribution >= 4 is 5.91 Å². The fraction of sp³-hybridized carbons (Fsp3) is 0.500. The zero-order valence-corrected chi connectivity index (χ0v) is 10.3. The first-order valence-corrected chi connectivity index (χ1v) is 6.29.